The lowest BCUT2D eigenvalue weighted by molar-refractivity contribution is -0.137. The highest BCUT2D eigenvalue weighted by Gasteiger charge is 2.30. The molecule has 0 saturated carbocycles. The summed E-state index contributed by atoms with van der Waals surface area (Å²) in [6, 6.07) is 15.9. The van der Waals surface area contributed by atoms with Crippen LogP contribution in [0.4, 0.5) is 17.6 Å². The van der Waals surface area contributed by atoms with E-state index in [2.05, 4.69) is 20.2 Å². The Labute approximate surface area is 156 Å². The van der Waals surface area contributed by atoms with E-state index in [9.17, 15) is 17.6 Å². The number of halogens is 4. The number of aromatic amines is 1. The van der Waals surface area contributed by atoms with E-state index in [0.29, 0.717) is 11.1 Å². The fourth-order valence-electron chi connectivity index (χ4n) is 2.71. The van der Waals surface area contributed by atoms with E-state index < -0.39 is 17.6 Å². The summed E-state index contributed by atoms with van der Waals surface area (Å²) >= 11 is 0. The number of rotatable bonds is 3. The molecule has 2 aromatic heterocycles. The predicted molar refractivity (Wildman–Crippen MR) is 95.4 cm³/mol. The third-order valence-corrected chi connectivity index (χ3v) is 4.13. The predicted octanol–water partition coefficient (Wildman–Crippen LogP) is 5.36. The van der Waals surface area contributed by atoms with Crippen LogP contribution in [0, 0.1) is 5.82 Å². The van der Waals surface area contributed by atoms with Crippen LogP contribution in [-0.2, 0) is 6.18 Å². The lowest BCUT2D eigenvalue weighted by Gasteiger charge is -2.05. The second-order valence-electron chi connectivity index (χ2n) is 6.00. The Morgan fingerprint density at radius 3 is 2.29 bits per heavy atom. The Bertz CT molecular complexity index is 1100. The molecule has 0 radical (unpaired) electrons. The third kappa shape index (κ3) is 3.48. The highest BCUT2D eigenvalue weighted by Crippen LogP contribution is 2.30. The minimum absolute atomic E-state index is 0.122. The highest BCUT2D eigenvalue weighted by molar-refractivity contribution is 5.69. The molecule has 0 saturated heterocycles. The van der Waals surface area contributed by atoms with E-state index in [0.717, 1.165) is 17.8 Å². The zero-order chi connectivity index (χ0) is 19.7. The Hall–Kier alpha value is -3.55. The quantitative estimate of drug-likeness (QED) is 0.484. The summed E-state index contributed by atoms with van der Waals surface area (Å²) in [6.45, 7) is 0. The molecule has 2 heterocycles. The van der Waals surface area contributed by atoms with Gasteiger partial charge in [-0.15, -0.1) is 0 Å². The topological polar surface area (TPSA) is 54.5 Å². The summed E-state index contributed by atoms with van der Waals surface area (Å²) in [6.07, 6.45) is -3.74. The largest absolute Gasteiger partial charge is 0.417 e. The van der Waals surface area contributed by atoms with Gasteiger partial charge in [0.25, 0.3) is 0 Å². The first kappa shape index (κ1) is 17.8. The van der Waals surface area contributed by atoms with Gasteiger partial charge in [0.1, 0.15) is 11.5 Å². The number of aromatic nitrogens is 4. The maximum absolute atomic E-state index is 14.5. The molecule has 4 nitrogen and oxygen atoms in total. The average Bonchev–Trinajstić information content (AvgIpc) is 3.18. The van der Waals surface area contributed by atoms with Crippen molar-refractivity contribution in [3.63, 3.8) is 0 Å². The van der Waals surface area contributed by atoms with E-state index in [-0.39, 0.29) is 17.3 Å². The molecule has 0 unspecified atom stereocenters. The van der Waals surface area contributed by atoms with Crippen molar-refractivity contribution >= 4 is 0 Å². The number of nitrogens with zero attached hydrogens (tertiary/aromatic N) is 3. The normalized spacial score (nSPS) is 11.6. The van der Waals surface area contributed by atoms with Crippen molar-refractivity contribution < 1.29 is 17.6 Å². The van der Waals surface area contributed by atoms with Gasteiger partial charge in [0.15, 0.2) is 11.6 Å². The van der Waals surface area contributed by atoms with Crippen LogP contribution in [0.2, 0.25) is 0 Å². The molecular formula is C20H12F4N4. The highest BCUT2D eigenvalue weighted by atomic mass is 19.4. The van der Waals surface area contributed by atoms with Crippen molar-refractivity contribution in [1.29, 1.82) is 0 Å². The molecule has 0 bridgehead atoms. The van der Waals surface area contributed by atoms with Gasteiger partial charge in [-0.25, -0.2) is 9.37 Å². The van der Waals surface area contributed by atoms with Gasteiger partial charge in [0, 0.05) is 17.3 Å². The molecule has 140 valence electrons. The van der Waals surface area contributed by atoms with Crippen LogP contribution in [0.25, 0.3) is 34.0 Å². The number of hydrogen-bond donors (Lipinski definition) is 1. The van der Waals surface area contributed by atoms with E-state index in [4.69, 9.17) is 0 Å². The number of hydrogen-bond acceptors (Lipinski definition) is 3. The summed E-state index contributed by atoms with van der Waals surface area (Å²) in [7, 11) is 0. The lowest BCUT2D eigenvalue weighted by Crippen LogP contribution is -2.05. The lowest BCUT2D eigenvalue weighted by atomic mass is 10.0. The van der Waals surface area contributed by atoms with Crippen molar-refractivity contribution in [3.05, 3.63) is 78.2 Å². The summed E-state index contributed by atoms with van der Waals surface area (Å²) in [5, 5.41) is 6.62. The smallest absolute Gasteiger partial charge is 0.259 e. The van der Waals surface area contributed by atoms with E-state index >= 15 is 0 Å². The number of alkyl halides is 3. The maximum atomic E-state index is 14.5. The monoisotopic (exact) mass is 384 g/mol. The molecular weight excluding hydrogens is 372 g/mol. The Kier molecular flexibility index (Phi) is 4.38. The van der Waals surface area contributed by atoms with Crippen molar-refractivity contribution in [3.8, 4) is 34.0 Å². The van der Waals surface area contributed by atoms with E-state index in [1.165, 1.54) is 12.1 Å². The number of nitrogens with one attached hydrogen (secondary N) is 1. The Morgan fingerprint density at radius 1 is 0.857 bits per heavy atom. The van der Waals surface area contributed by atoms with Gasteiger partial charge in [-0.2, -0.15) is 18.3 Å². The maximum Gasteiger partial charge on any atom is 0.417 e. The first-order valence-corrected chi connectivity index (χ1v) is 8.23. The van der Waals surface area contributed by atoms with Gasteiger partial charge >= 0.3 is 6.18 Å². The number of pyridine rings is 1. The number of H-pyrrole nitrogens is 1. The molecule has 0 amide bonds. The first-order valence-electron chi connectivity index (χ1n) is 8.23. The molecule has 4 rings (SSSR count). The van der Waals surface area contributed by atoms with Crippen molar-refractivity contribution in [2.75, 3.05) is 0 Å². The molecule has 0 fully saturated rings. The minimum atomic E-state index is -4.46. The molecule has 4 aromatic rings. The molecule has 0 spiro atoms. The van der Waals surface area contributed by atoms with Gasteiger partial charge in [0.05, 0.1) is 5.56 Å². The second-order valence-corrected chi connectivity index (χ2v) is 6.00. The second kappa shape index (κ2) is 6.88. The van der Waals surface area contributed by atoms with Crippen LogP contribution in [0.5, 0.6) is 0 Å². The average molecular weight is 384 g/mol. The van der Waals surface area contributed by atoms with Crippen molar-refractivity contribution in [1.82, 2.24) is 20.2 Å². The van der Waals surface area contributed by atoms with Crippen molar-refractivity contribution in [2.24, 2.45) is 0 Å². The van der Waals surface area contributed by atoms with Gasteiger partial charge in [-0.05, 0) is 23.8 Å². The number of benzene rings is 2. The molecule has 0 aliphatic rings. The molecule has 8 heteroatoms. The van der Waals surface area contributed by atoms with E-state index in [1.807, 2.05) is 18.2 Å². The first-order chi connectivity index (χ1) is 13.4. The van der Waals surface area contributed by atoms with Crippen LogP contribution in [0.3, 0.4) is 0 Å². The van der Waals surface area contributed by atoms with Crippen LogP contribution in [0.15, 0.2) is 66.9 Å². The fourth-order valence-corrected chi connectivity index (χ4v) is 2.71. The molecule has 1 N–H and O–H groups in total. The zero-order valence-corrected chi connectivity index (χ0v) is 14.2. The van der Waals surface area contributed by atoms with Crippen LogP contribution < -0.4 is 0 Å². The molecule has 2 aromatic carbocycles. The zero-order valence-electron chi connectivity index (χ0n) is 14.2. The van der Waals surface area contributed by atoms with Crippen LogP contribution >= 0.6 is 0 Å². The summed E-state index contributed by atoms with van der Waals surface area (Å²) in [4.78, 5) is 7.96. The molecule has 0 atom stereocenters. The summed E-state index contributed by atoms with van der Waals surface area (Å²) in [5.74, 6) is -0.0132. The molecule has 28 heavy (non-hydrogen) atoms. The van der Waals surface area contributed by atoms with Crippen LogP contribution in [0.1, 0.15) is 5.56 Å². The van der Waals surface area contributed by atoms with Crippen LogP contribution in [-0.4, -0.2) is 20.2 Å². The third-order valence-electron chi connectivity index (χ3n) is 4.13. The standard InChI is InChI=1S/C20H12F4N4/c21-16-10-13(6-8-15(16)12-4-2-1-3-5-12)18-26-19(28-27-18)17-9-7-14(11-25-17)20(22,23)24/h1-11H,(H,26,27,28). The van der Waals surface area contributed by atoms with Gasteiger partial charge in [0.2, 0.25) is 0 Å². The van der Waals surface area contributed by atoms with Gasteiger partial charge < -0.3 is 0 Å². The molecule has 0 aliphatic carbocycles. The summed E-state index contributed by atoms with van der Waals surface area (Å²) < 4.78 is 52.4. The Balaban J connectivity index is 1.62. The Morgan fingerprint density at radius 2 is 1.64 bits per heavy atom. The minimum Gasteiger partial charge on any atom is -0.259 e. The van der Waals surface area contributed by atoms with Crippen molar-refractivity contribution in [2.45, 2.75) is 6.18 Å². The van der Waals surface area contributed by atoms with Gasteiger partial charge in [-0.1, -0.05) is 42.5 Å². The molecule has 0 aliphatic heterocycles. The fraction of sp³-hybridized carbons (Fsp3) is 0.0500. The SMILES string of the molecule is Fc1cc(-c2nc(-c3ccc(C(F)(F)F)cn3)n[nH]2)ccc1-c1ccccc1. The van der Waals surface area contributed by atoms with Gasteiger partial charge in [-0.3, -0.25) is 10.1 Å². The van der Waals surface area contributed by atoms with E-state index in [1.54, 1.807) is 24.3 Å². The summed E-state index contributed by atoms with van der Waals surface area (Å²) in [5.41, 5.74) is 0.984.